The topological polar surface area (TPSA) is 33.2 Å². The fraction of sp³-hybridized carbons (Fsp3) is 0.143. The Morgan fingerprint density at radius 3 is 2.44 bits per heavy atom. The maximum absolute atomic E-state index is 12.3. The van der Waals surface area contributed by atoms with E-state index in [0.29, 0.717) is 23.3 Å². The smallest absolute Gasteiger partial charge is 0.254 e. The van der Waals surface area contributed by atoms with Crippen LogP contribution in [0.15, 0.2) is 47.2 Å². The molecule has 2 aromatic rings. The van der Waals surface area contributed by atoms with Crippen molar-refractivity contribution in [2.24, 2.45) is 0 Å². The van der Waals surface area contributed by atoms with Crippen molar-refractivity contribution < 1.29 is 4.79 Å². The molecule has 1 aliphatic heterocycles. The zero-order valence-corrected chi connectivity index (χ0v) is 11.2. The Hall–Kier alpha value is -1.68. The average molecular weight is 303 g/mol. The van der Waals surface area contributed by atoms with Crippen LogP contribution in [0.2, 0.25) is 0 Å². The molecular formula is C14H11BrN2O. The third-order valence-electron chi connectivity index (χ3n) is 3.10. The molecule has 90 valence electrons. The van der Waals surface area contributed by atoms with E-state index in [0.717, 1.165) is 0 Å². The van der Waals surface area contributed by atoms with E-state index in [4.69, 9.17) is 0 Å². The van der Waals surface area contributed by atoms with Crippen molar-refractivity contribution in [3.05, 3.63) is 63.9 Å². The summed E-state index contributed by atoms with van der Waals surface area (Å²) in [6, 6.07) is 11.7. The van der Waals surface area contributed by atoms with E-state index in [1.165, 1.54) is 11.1 Å². The van der Waals surface area contributed by atoms with Crippen LogP contribution in [0.3, 0.4) is 0 Å². The van der Waals surface area contributed by atoms with Gasteiger partial charge in [-0.1, -0.05) is 24.3 Å². The zero-order chi connectivity index (χ0) is 12.5. The van der Waals surface area contributed by atoms with Crippen LogP contribution in [0.5, 0.6) is 0 Å². The van der Waals surface area contributed by atoms with Crippen LogP contribution in [-0.2, 0) is 13.1 Å². The van der Waals surface area contributed by atoms with E-state index in [1.54, 1.807) is 18.3 Å². The molecule has 0 saturated carbocycles. The quantitative estimate of drug-likeness (QED) is 0.759. The van der Waals surface area contributed by atoms with Gasteiger partial charge < -0.3 is 4.90 Å². The van der Waals surface area contributed by atoms with Gasteiger partial charge >= 0.3 is 0 Å². The first kappa shape index (κ1) is 11.4. The van der Waals surface area contributed by atoms with Crippen LogP contribution >= 0.6 is 15.9 Å². The number of halogens is 1. The standard InChI is InChI=1S/C14H11BrN2O/c15-13-7-10(5-6-16-13)14(18)17-8-11-3-1-2-4-12(11)9-17/h1-7H,8-9H2. The molecule has 3 nitrogen and oxygen atoms in total. The Bertz CT molecular complexity index is 587. The minimum atomic E-state index is 0.0503. The van der Waals surface area contributed by atoms with Crippen molar-refractivity contribution in [2.75, 3.05) is 0 Å². The minimum absolute atomic E-state index is 0.0503. The second kappa shape index (κ2) is 4.53. The van der Waals surface area contributed by atoms with Crippen LogP contribution in [0.4, 0.5) is 0 Å². The summed E-state index contributed by atoms with van der Waals surface area (Å²) in [5, 5.41) is 0. The predicted octanol–water partition coefficient (Wildman–Crippen LogP) is 3.00. The number of hydrogen-bond acceptors (Lipinski definition) is 2. The number of aromatic nitrogens is 1. The van der Waals surface area contributed by atoms with Gasteiger partial charge in [0.15, 0.2) is 0 Å². The molecule has 1 aliphatic rings. The molecule has 0 atom stereocenters. The van der Waals surface area contributed by atoms with E-state index in [1.807, 2.05) is 17.0 Å². The van der Waals surface area contributed by atoms with Gasteiger partial charge in [0.25, 0.3) is 5.91 Å². The molecule has 0 fully saturated rings. The highest BCUT2D eigenvalue weighted by molar-refractivity contribution is 9.10. The van der Waals surface area contributed by atoms with E-state index >= 15 is 0 Å². The van der Waals surface area contributed by atoms with Crippen LogP contribution in [0, 0.1) is 0 Å². The molecule has 1 aromatic heterocycles. The number of hydrogen-bond donors (Lipinski definition) is 0. The minimum Gasteiger partial charge on any atom is -0.330 e. The molecular weight excluding hydrogens is 292 g/mol. The first-order valence-corrected chi connectivity index (χ1v) is 6.51. The number of fused-ring (bicyclic) bond motifs is 1. The number of nitrogens with zero attached hydrogens (tertiary/aromatic N) is 2. The fourth-order valence-electron chi connectivity index (χ4n) is 2.19. The number of rotatable bonds is 1. The Labute approximate surface area is 114 Å². The highest BCUT2D eigenvalue weighted by atomic mass is 79.9. The zero-order valence-electron chi connectivity index (χ0n) is 9.64. The molecule has 0 saturated heterocycles. The van der Waals surface area contributed by atoms with Gasteiger partial charge in [-0.3, -0.25) is 4.79 Å². The molecule has 2 heterocycles. The summed E-state index contributed by atoms with van der Waals surface area (Å²) in [6.07, 6.45) is 1.64. The Morgan fingerprint density at radius 2 is 1.83 bits per heavy atom. The molecule has 0 bridgehead atoms. The summed E-state index contributed by atoms with van der Waals surface area (Å²) >= 11 is 3.29. The molecule has 18 heavy (non-hydrogen) atoms. The van der Waals surface area contributed by atoms with Crippen molar-refractivity contribution in [3.8, 4) is 0 Å². The Kier molecular flexibility index (Phi) is 2.88. The van der Waals surface area contributed by atoms with E-state index in [-0.39, 0.29) is 5.91 Å². The lowest BCUT2D eigenvalue weighted by molar-refractivity contribution is 0.0751. The lowest BCUT2D eigenvalue weighted by Crippen LogP contribution is -2.25. The van der Waals surface area contributed by atoms with Crippen molar-refractivity contribution in [1.29, 1.82) is 0 Å². The molecule has 0 spiro atoms. The summed E-state index contributed by atoms with van der Waals surface area (Å²) in [5.74, 6) is 0.0503. The van der Waals surface area contributed by atoms with Gasteiger partial charge in [-0.25, -0.2) is 4.98 Å². The largest absolute Gasteiger partial charge is 0.330 e. The second-order valence-corrected chi connectivity index (χ2v) is 5.11. The van der Waals surface area contributed by atoms with Gasteiger partial charge in [0.2, 0.25) is 0 Å². The summed E-state index contributed by atoms with van der Waals surface area (Å²) in [4.78, 5) is 18.2. The number of carbonyl (C=O) groups is 1. The Morgan fingerprint density at radius 1 is 1.17 bits per heavy atom. The Balaban J connectivity index is 1.84. The highest BCUT2D eigenvalue weighted by Crippen LogP contribution is 2.24. The maximum atomic E-state index is 12.3. The summed E-state index contributed by atoms with van der Waals surface area (Å²) in [7, 11) is 0. The first-order chi connectivity index (χ1) is 8.74. The van der Waals surface area contributed by atoms with E-state index < -0.39 is 0 Å². The van der Waals surface area contributed by atoms with Crippen LogP contribution < -0.4 is 0 Å². The van der Waals surface area contributed by atoms with E-state index in [9.17, 15) is 4.79 Å². The van der Waals surface area contributed by atoms with Gasteiger partial charge in [0.05, 0.1) is 0 Å². The molecule has 1 amide bonds. The van der Waals surface area contributed by atoms with Crippen molar-refractivity contribution in [1.82, 2.24) is 9.88 Å². The summed E-state index contributed by atoms with van der Waals surface area (Å²) in [6.45, 7) is 1.38. The first-order valence-electron chi connectivity index (χ1n) is 5.71. The van der Waals surface area contributed by atoms with Gasteiger partial charge in [0.1, 0.15) is 4.60 Å². The summed E-state index contributed by atoms with van der Waals surface area (Å²) in [5.41, 5.74) is 3.14. The van der Waals surface area contributed by atoms with Gasteiger partial charge in [0, 0.05) is 24.8 Å². The van der Waals surface area contributed by atoms with Crippen LogP contribution in [0.1, 0.15) is 21.5 Å². The average Bonchev–Trinajstić information content (AvgIpc) is 2.81. The second-order valence-electron chi connectivity index (χ2n) is 4.30. The van der Waals surface area contributed by atoms with Crippen LogP contribution in [0.25, 0.3) is 0 Å². The molecule has 1 aromatic carbocycles. The SMILES string of the molecule is O=C(c1ccnc(Br)c1)N1Cc2ccccc2C1. The number of pyridine rings is 1. The summed E-state index contributed by atoms with van der Waals surface area (Å²) < 4.78 is 0.685. The predicted molar refractivity (Wildman–Crippen MR) is 72.0 cm³/mol. The molecule has 0 radical (unpaired) electrons. The molecule has 0 unspecified atom stereocenters. The fourth-order valence-corrected chi connectivity index (χ4v) is 2.56. The van der Waals surface area contributed by atoms with Gasteiger partial charge in [-0.2, -0.15) is 0 Å². The highest BCUT2D eigenvalue weighted by Gasteiger charge is 2.23. The lowest BCUT2D eigenvalue weighted by Gasteiger charge is -2.15. The van der Waals surface area contributed by atoms with Gasteiger partial charge in [-0.05, 0) is 39.2 Å². The third kappa shape index (κ3) is 2.04. The van der Waals surface area contributed by atoms with Crippen molar-refractivity contribution >= 4 is 21.8 Å². The van der Waals surface area contributed by atoms with Crippen molar-refractivity contribution in [2.45, 2.75) is 13.1 Å². The lowest BCUT2D eigenvalue weighted by atomic mass is 10.1. The maximum Gasteiger partial charge on any atom is 0.254 e. The molecule has 3 rings (SSSR count). The normalized spacial score (nSPS) is 13.5. The number of carbonyl (C=O) groups excluding carboxylic acids is 1. The third-order valence-corrected chi connectivity index (χ3v) is 3.54. The number of benzene rings is 1. The number of amides is 1. The van der Waals surface area contributed by atoms with E-state index in [2.05, 4.69) is 33.0 Å². The molecule has 4 heteroatoms. The molecule has 0 aliphatic carbocycles. The molecule has 0 N–H and O–H groups in total. The van der Waals surface area contributed by atoms with Crippen molar-refractivity contribution in [3.63, 3.8) is 0 Å². The van der Waals surface area contributed by atoms with Gasteiger partial charge in [-0.15, -0.1) is 0 Å². The van der Waals surface area contributed by atoms with Crippen LogP contribution in [-0.4, -0.2) is 15.8 Å². The monoisotopic (exact) mass is 302 g/mol.